The molecule has 8 heteroatoms. The maximum atomic E-state index is 13.3. The molecule has 7 nitrogen and oxygen atoms in total. The number of nitrogens with two attached hydrogens (primary N) is 1. The van der Waals surface area contributed by atoms with Gasteiger partial charge in [-0.05, 0) is 54.3 Å². The van der Waals surface area contributed by atoms with Gasteiger partial charge in [0, 0.05) is 49.5 Å². The van der Waals surface area contributed by atoms with Crippen molar-refractivity contribution < 1.29 is 14.3 Å². The van der Waals surface area contributed by atoms with Crippen LogP contribution in [0.5, 0.6) is 0 Å². The Bertz CT molecular complexity index is 1210. The maximum Gasteiger partial charge on any atom is 0.248 e. The molecule has 194 valence electrons. The average molecular weight is 521 g/mol. The number of allylic oxidation sites excluding steroid dienone is 4. The maximum absolute atomic E-state index is 13.3. The second-order valence-electron chi connectivity index (χ2n) is 9.34. The summed E-state index contributed by atoms with van der Waals surface area (Å²) >= 11 is 6.06. The number of hydrogen-bond acceptors (Lipinski definition) is 5. The third-order valence-electron chi connectivity index (χ3n) is 6.74. The van der Waals surface area contributed by atoms with Crippen LogP contribution in [-0.2, 0) is 14.3 Å². The highest BCUT2D eigenvalue weighted by atomic mass is 35.5. The summed E-state index contributed by atoms with van der Waals surface area (Å²) in [5.41, 5.74) is 9.88. The molecule has 1 saturated heterocycles. The summed E-state index contributed by atoms with van der Waals surface area (Å²) in [6.45, 7) is 2.85. The first kappa shape index (κ1) is 26.7. The first-order chi connectivity index (χ1) is 17.9. The molecule has 1 fully saturated rings. The van der Waals surface area contributed by atoms with Gasteiger partial charge in [0.25, 0.3) is 0 Å². The van der Waals surface area contributed by atoms with Crippen molar-refractivity contribution in [2.45, 2.75) is 18.8 Å². The summed E-state index contributed by atoms with van der Waals surface area (Å²) < 4.78 is 5.26. The number of anilines is 2. The van der Waals surface area contributed by atoms with Gasteiger partial charge in [-0.2, -0.15) is 0 Å². The summed E-state index contributed by atoms with van der Waals surface area (Å²) in [5, 5.41) is 6.71. The largest absolute Gasteiger partial charge is 0.397 e. The lowest BCUT2D eigenvalue weighted by atomic mass is 9.87. The van der Waals surface area contributed by atoms with Gasteiger partial charge in [0.15, 0.2) is 0 Å². The van der Waals surface area contributed by atoms with Gasteiger partial charge < -0.3 is 21.1 Å². The van der Waals surface area contributed by atoms with E-state index in [1.54, 1.807) is 25.3 Å². The molecule has 4 rings (SSSR count). The first-order valence-corrected chi connectivity index (χ1v) is 12.8. The number of hydrogen-bond donors (Lipinski definition) is 3. The number of halogens is 1. The zero-order chi connectivity index (χ0) is 26.2. The fraction of sp³-hybridized carbons (Fsp3) is 0.310. The molecule has 1 aliphatic carbocycles. The number of ether oxygens (including phenoxy) is 1. The zero-order valence-electron chi connectivity index (χ0n) is 21.0. The minimum atomic E-state index is -0.253. The number of carbonyl (C=O) groups is 2. The second kappa shape index (κ2) is 12.7. The molecule has 1 aliphatic heterocycles. The number of para-hydroxylation sites is 2. The SMILES string of the molecule is COCCN1CC(C(=O)NC2=CC=C(Cl)CC2)C(c2ccc(/C=C/C(=O)Nc3ccccc3N)cc2)C1. The first-order valence-electron chi connectivity index (χ1n) is 12.4. The van der Waals surface area contributed by atoms with Crippen molar-refractivity contribution in [3.05, 3.63) is 88.6 Å². The van der Waals surface area contributed by atoms with Crippen LogP contribution in [0.3, 0.4) is 0 Å². The molecule has 2 unspecified atom stereocenters. The number of benzene rings is 2. The van der Waals surface area contributed by atoms with E-state index in [4.69, 9.17) is 22.1 Å². The van der Waals surface area contributed by atoms with Crippen LogP contribution in [0, 0.1) is 5.92 Å². The number of rotatable bonds is 9. The number of nitrogens with one attached hydrogen (secondary N) is 2. The number of amides is 2. The van der Waals surface area contributed by atoms with Gasteiger partial charge in [-0.15, -0.1) is 0 Å². The molecule has 2 aliphatic rings. The van der Waals surface area contributed by atoms with Gasteiger partial charge in [-0.3, -0.25) is 14.5 Å². The normalized spacial score (nSPS) is 19.9. The predicted octanol–water partition coefficient (Wildman–Crippen LogP) is 4.50. The highest BCUT2D eigenvalue weighted by molar-refractivity contribution is 6.29. The van der Waals surface area contributed by atoms with Gasteiger partial charge in [0.05, 0.1) is 23.9 Å². The lowest BCUT2D eigenvalue weighted by Crippen LogP contribution is -2.34. The third-order valence-corrected chi connectivity index (χ3v) is 7.05. The summed E-state index contributed by atoms with van der Waals surface area (Å²) in [5.74, 6) is -0.343. The van der Waals surface area contributed by atoms with E-state index in [9.17, 15) is 9.59 Å². The molecular weight excluding hydrogens is 488 g/mol. The zero-order valence-corrected chi connectivity index (χ0v) is 21.7. The van der Waals surface area contributed by atoms with Gasteiger partial charge >= 0.3 is 0 Å². The van der Waals surface area contributed by atoms with Crippen molar-refractivity contribution >= 4 is 40.9 Å². The van der Waals surface area contributed by atoms with Gasteiger partial charge in [-0.25, -0.2) is 0 Å². The summed E-state index contributed by atoms with van der Waals surface area (Å²) in [6.07, 6.45) is 8.46. The van der Waals surface area contributed by atoms with Crippen LogP contribution in [0.15, 0.2) is 77.5 Å². The molecule has 0 saturated carbocycles. The summed E-state index contributed by atoms with van der Waals surface area (Å²) in [4.78, 5) is 27.9. The Labute approximate surface area is 223 Å². The number of methoxy groups -OCH3 is 1. The van der Waals surface area contributed by atoms with E-state index in [0.29, 0.717) is 24.5 Å². The second-order valence-corrected chi connectivity index (χ2v) is 9.82. The van der Waals surface area contributed by atoms with Crippen LogP contribution in [0.1, 0.15) is 29.9 Å². The molecule has 2 atom stereocenters. The van der Waals surface area contributed by atoms with E-state index in [2.05, 4.69) is 15.5 Å². The number of nitrogens with zero attached hydrogens (tertiary/aromatic N) is 1. The van der Waals surface area contributed by atoms with Gasteiger partial charge in [0.1, 0.15) is 0 Å². The highest BCUT2D eigenvalue weighted by Gasteiger charge is 2.38. The van der Waals surface area contributed by atoms with Gasteiger partial charge in [-0.1, -0.05) is 48.0 Å². The molecule has 37 heavy (non-hydrogen) atoms. The fourth-order valence-electron chi connectivity index (χ4n) is 4.67. The minimum Gasteiger partial charge on any atom is -0.397 e. The molecule has 2 amide bonds. The molecule has 0 aromatic heterocycles. The van der Waals surface area contributed by atoms with E-state index in [1.807, 2.05) is 48.6 Å². The molecule has 4 N–H and O–H groups in total. The van der Waals surface area contributed by atoms with E-state index >= 15 is 0 Å². The van der Waals surface area contributed by atoms with Crippen molar-refractivity contribution in [3.63, 3.8) is 0 Å². The summed E-state index contributed by atoms with van der Waals surface area (Å²) in [6, 6.07) is 15.2. The van der Waals surface area contributed by atoms with E-state index in [0.717, 1.165) is 47.8 Å². The molecule has 1 heterocycles. The number of nitrogen functional groups attached to an aromatic ring is 1. The summed E-state index contributed by atoms with van der Waals surface area (Å²) in [7, 11) is 1.69. The Morgan fingerprint density at radius 1 is 1.08 bits per heavy atom. The fourth-order valence-corrected chi connectivity index (χ4v) is 4.83. The predicted molar refractivity (Wildman–Crippen MR) is 149 cm³/mol. The molecular formula is C29H33ClN4O3. The number of likely N-dealkylation sites (tertiary alicyclic amines) is 1. The lowest BCUT2D eigenvalue weighted by molar-refractivity contribution is -0.124. The van der Waals surface area contributed by atoms with E-state index < -0.39 is 0 Å². The van der Waals surface area contributed by atoms with Crippen molar-refractivity contribution in [1.29, 1.82) is 0 Å². The van der Waals surface area contributed by atoms with E-state index in [-0.39, 0.29) is 23.7 Å². The Kier molecular flexibility index (Phi) is 9.17. The van der Waals surface area contributed by atoms with Crippen LogP contribution in [0.4, 0.5) is 11.4 Å². The molecule has 0 radical (unpaired) electrons. The Balaban J connectivity index is 1.43. The Hall–Kier alpha value is -3.39. The van der Waals surface area contributed by atoms with Crippen LogP contribution in [0.2, 0.25) is 0 Å². The molecule has 0 spiro atoms. The minimum absolute atomic E-state index is 0.0309. The van der Waals surface area contributed by atoms with Crippen LogP contribution in [-0.4, -0.2) is 50.1 Å². The quantitative estimate of drug-likeness (QED) is 0.334. The van der Waals surface area contributed by atoms with Crippen LogP contribution < -0.4 is 16.4 Å². The van der Waals surface area contributed by atoms with Crippen LogP contribution >= 0.6 is 11.6 Å². The molecule has 2 aromatic carbocycles. The van der Waals surface area contributed by atoms with Crippen molar-refractivity contribution in [1.82, 2.24) is 10.2 Å². The van der Waals surface area contributed by atoms with Crippen LogP contribution in [0.25, 0.3) is 6.08 Å². The van der Waals surface area contributed by atoms with E-state index in [1.165, 1.54) is 6.08 Å². The number of carbonyl (C=O) groups excluding carboxylic acids is 2. The standard InChI is InChI=1S/C29H33ClN4O3/c1-37-17-16-34-18-24(25(19-34)29(36)32-23-13-11-22(30)12-14-23)21-9-6-20(7-10-21)8-15-28(35)33-27-5-3-2-4-26(27)31/h2-11,13,15,24-25H,12,14,16-19,31H2,1H3,(H,32,36)(H,33,35)/b15-8+. The van der Waals surface area contributed by atoms with Crippen molar-refractivity contribution in [2.24, 2.45) is 5.92 Å². The monoisotopic (exact) mass is 520 g/mol. The molecule has 2 aromatic rings. The highest BCUT2D eigenvalue weighted by Crippen LogP contribution is 2.33. The van der Waals surface area contributed by atoms with Gasteiger partial charge in [0.2, 0.25) is 11.8 Å². The third kappa shape index (κ3) is 7.32. The topological polar surface area (TPSA) is 96.7 Å². The lowest BCUT2D eigenvalue weighted by Gasteiger charge is -2.20. The smallest absolute Gasteiger partial charge is 0.248 e. The average Bonchev–Trinajstić information content (AvgIpc) is 3.34. The van der Waals surface area contributed by atoms with Crippen molar-refractivity contribution in [3.8, 4) is 0 Å². The molecule has 0 bridgehead atoms. The van der Waals surface area contributed by atoms with Crippen molar-refractivity contribution in [2.75, 3.05) is 44.4 Å². The Morgan fingerprint density at radius 2 is 1.86 bits per heavy atom. The Morgan fingerprint density at radius 3 is 2.57 bits per heavy atom.